The van der Waals surface area contributed by atoms with E-state index in [1.165, 1.54) is 16.8 Å². The molecule has 0 spiro atoms. The molecule has 0 atom stereocenters. The maximum absolute atomic E-state index is 12.8. The van der Waals surface area contributed by atoms with E-state index in [-0.39, 0.29) is 5.82 Å². The van der Waals surface area contributed by atoms with Crippen LogP contribution in [0, 0.1) is 5.82 Å². The molecule has 0 bridgehead atoms. The standard InChI is InChI=1S/C10H9ClFN3/c1-15-10(13)5-9(14-15)7-3-2-6(12)4-8(7)11/h2-5H,13H2,1H3. The van der Waals surface area contributed by atoms with E-state index in [2.05, 4.69) is 5.10 Å². The summed E-state index contributed by atoms with van der Waals surface area (Å²) in [7, 11) is 1.73. The number of hydrogen-bond acceptors (Lipinski definition) is 2. The predicted molar refractivity (Wildman–Crippen MR) is 58.0 cm³/mol. The Labute approximate surface area is 91.3 Å². The number of nitrogens with two attached hydrogens (primary N) is 1. The molecule has 0 saturated carbocycles. The van der Waals surface area contributed by atoms with Crippen molar-refractivity contribution in [1.29, 1.82) is 0 Å². The van der Waals surface area contributed by atoms with Gasteiger partial charge < -0.3 is 5.73 Å². The first-order chi connectivity index (χ1) is 7.08. The number of nitrogen functional groups attached to an aromatic ring is 1. The first-order valence-electron chi connectivity index (χ1n) is 4.33. The molecule has 15 heavy (non-hydrogen) atoms. The zero-order chi connectivity index (χ0) is 11.0. The summed E-state index contributed by atoms with van der Waals surface area (Å²) in [6.45, 7) is 0. The third-order valence-electron chi connectivity index (χ3n) is 2.12. The fourth-order valence-electron chi connectivity index (χ4n) is 1.31. The minimum absolute atomic E-state index is 0.327. The molecule has 0 saturated heterocycles. The van der Waals surface area contributed by atoms with Crippen molar-refractivity contribution < 1.29 is 4.39 Å². The average molecular weight is 226 g/mol. The zero-order valence-corrected chi connectivity index (χ0v) is 8.79. The Morgan fingerprint density at radius 2 is 2.13 bits per heavy atom. The Balaban J connectivity index is 2.54. The summed E-state index contributed by atoms with van der Waals surface area (Å²) in [5.74, 6) is 0.165. The summed E-state index contributed by atoms with van der Waals surface area (Å²) in [6, 6.07) is 5.87. The maximum atomic E-state index is 12.8. The van der Waals surface area contributed by atoms with Gasteiger partial charge in [0.05, 0.1) is 10.7 Å². The van der Waals surface area contributed by atoms with Crippen LogP contribution >= 0.6 is 11.6 Å². The van der Waals surface area contributed by atoms with Crippen molar-refractivity contribution in [2.24, 2.45) is 7.05 Å². The van der Waals surface area contributed by atoms with Crippen LogP contribution < -0.4 is 5.73 Å². The highest BCUT2D eigenvalue weighted by molar-refractivity contribution is 6.33. The molecule has 1 aromatic carbocycles. The fraction of sp³-hybridized carbons (Fsp3) is 0.100. The van der Waals surface area contributed by atoms with Gasteiger partial charge in [0.25, 0.3) is 0 Å². The van der Waals surface area contributed by atoms with Gasteiger partial charge in [-0.3, -0.25) is 4.68 Å². The smallest absolute Gasteiger partial charge is 0.124 e. The molecular weight excluding hydrogens is 217 g/mol. The predicted octanol–water partition coefficient (Wildman–Crippen LogP) is 2.46. The summed E-state index contributed by atoms with van der Waals surface area (Å²) >= 11 is 5.90. The van der Waals surface area contributed by atoms with Crippen molar-refractivity contribution in [2.75, 3.05) is 5.73 Å². The summed E-state index contributed by atoms with van der Waals surface area (Å²) in [6.07, 6.45) is 0. The van der Waals surface area contributed by atoms with Gasteiger partial charge in [0.1, 0.15) is 11.6 Å². The number of rotatable bonds is 1. The molecule has 2 N–H and O–H groups in total. The van der Waals surface area contributed by atoms with E-state index in [1.54, 1.807) is 19.2 Å². The van der Waals surface area contributed by atoms with Crippen LogP contribution in [0.2, 0.25) is 5.02 Å². The first kappa shape index (κ1) is 9.98. The second-order valence-electron chi connectivity index (χ2n) is 3.20. The van der Waals surface area contributed by atoms with Gasteiger partial charge in [-0.15, -0.1) is 0 Å². The fourth-order valence-corrected chi connectivity index (χ4v) is 1.57. The van der Waals surface area contributed by atoms with Gasteiger partial charge in [0.15, 0.2) is 0 Å². The molecule has 0 fully saturated rings. The topological polar surface area (TPSA) is 43.8 Å². The lowest BCUT2D eigenvalue weighted by Crippen LogP contribution is -1.96. The van der Waals surface area contributed by atoms with Crippen LogP contribution in [0.15, 0.2) is 24.3 Å². The lowest BCUT2D eigenvalue weighted by Gasteiger charge is -1.99. The molecule has 0 radical (unpaired) electrons. The molecule has 1 heterocycles. The van der Waals surface area contributed by atoms with Crippen molar-refractivity contribution >= 4 is 17.4 Å². The Kier molecular flexibility index (Phi) is 2.36. The lowest BCUT2D eigenvalue weighted by molar-refractivity contribution is 0.628. The van der Waals surface area contributed by atoms with Crippen LogP contribution in [0.25, 0.3) is 11.3 Å². The lowest BCUT2D eigenvalue weighted by atomic mass is 10.1. The molecule has 0 aliphatic rings. The Bertz CT molecular complexity index is 488. The van der Waals surface area contributed by atoms with E-state index in [9.17, 15) is 4.39 Å². The maximum Gasteiger partial charge on any atom is 0.124 e. The van der Waals surface area contributed by atoms with Crippen LogP contribution in [0.4, 0.5) is 10.2 Å². The molecule has 0 amide bonds. The van der Waals surface area contributed by atoms with Gasteiger partial charge in [-0.1, -0.05) is 11.6 Å². The number of nitrogens with zero attached hydrogens (tertiary/aromatic N) is 2. The number of aromatic nitrogens is 2. The van der Waals surface area contributed by atoms with E-state index in [4.69, 9.17) is 17.3 Å². The Hall–Kier alpha value is -1.55. The molecule has 78 valence electrons. The SMILES string of the molecule is Cn1nc(-c2ccc(F)cc2Cl)cc1N. The molecule has 5 heteroatoms. The first-order valence-corrected chi connectivity index (χ1v) is 4.70. The second kappa shape index (κ2) is 3.55. The van der Waals surface area contributed by atoms with Gasteiger partial charge in [-0.2, -0.15) is 5.10 Å². The third kappa shape index (κ3) is 1.80. The summed E-state index contributed by atoms with van der Waals surface area (Å²) in [5.41, 5.74) is 6.95. The number of aryl methyl sites for hydroxylation is 1. The van der Waals surface area contributed by atoms with Crippen LogP contribution in [-0.4, -0.2) is 9.78 Å². The molecule has 1 aromatic heterocycles. The monoisotopic (exact) mass is 225 g/mol. The van der Waals surface area contributed by atoms with Crippen LogP contribution in [0.5, 0.6) is 0 Å². The van der Waals surface area contributed by atoms with E-state index in [0.29, 0.717) is 22.1 Å². The molecule has 2 rings (SSSR count). The van der Waals surface area contributed by atoms with Gasteiger partial charge >= 0.3 is 0 Å². The minimum atomic E-state index is -0.368. The normalized spacial score (nSPS) is 10.6. The van der Waals surface area contributed by atoms with Crippen LogP contribution in [0.1, 0.15) is 0 Å². The second-order valence-corrected chi connectivity index (χ2v) is 3.61. The number of benzene rings is 1. The highest BCUT2D eigenvalue weighted by Crippen LogP contribution is 2.28. The van der Waals surface area contributed by atoms with Crippen molar-refractivity contribution in [2.45, 2.75) is 0 Å². The zero-order valence-electron chi connectivity index (χ0n) is 8.04. The van der Waals surface area contributed by atoms with Crippen LogP contribution in [-0.2, 0) is 7.05 Å². The van der Waals surface area contributed by atoms with Crippen molar-refractivity contribution in [3.63, 3.8) is 0 Å². The highest BCUT2D eigenvalue weighted by atomic mass is 35.5. The Morgan fingerprint density at radius 3 is 2.67 bits per heavy atom. The van der Waals surface area contributed by atoms with Gasteiger partial charge in [0, 0.05) is 18.7 Å². The largest absolute Gasteiger partial charge is 0.384 e. The number of halogens is 2. The minimum Gasteiger partial charge on any atom is -0.384 e. The van der Waals surface area contributed by atoms with E-state index < -0.39 is 0 Å². The Morgan fingerprint density at radius 1 is 1.40 bits per heavy atom. The average Bonchev–Trinajstić information content (AvgIpc) is 2.46. The molecular formula is C10H9ClFN3. The molecule has 0 aliphatic carbocycles. The van der Waals surface area contributed by atoms with E-state index in [1.807, 2.05) is 0 Å². The van der Waals surface area contributed by atoms with Crippen LogP contribution in [0.3, 0.4) is 0 Å². The van der Waals surface area contributed by atoms with Crippen molar-refractivity contribution in [3.05, 3.63) is 35.1 Å². The van der Waals surface area contributed by atoms with Gasteiger partial charge in [-0.25, -0.2) is 4.39 Å². The van der Waals surface area contributed by atoms with Crippen molar-refractivity contribution in [3.8, 4) is 11.3 Å². The summed E-state index contributed by atoms with van der Waals surface area (Å²) < 4.78 is 14.3. The molecule has 0 unspecified atom stereocenters. The summed E-state index contributed by atoms with van der Waals surface area (Å²) in [4.78, 5) is 0. The third-order valence-corrected chi connectivity index (χ3v) is 2.44. The van der Waals surface area contributed by atoms with Crippen molar-refractivity contribution in [1.82, 2.24) is 9.78 Å². The molecule has 2 aromatic rings. The molecule has 3 nitrogen and oxygen atoms in total. The van der Waals surface area contributed by atoms with Gasteiger partial charge in [-0.05, 0) is 18.2 Å². The van der Waals surface area contributed by atoms with E-state index >= 15 is 0 Å². The van der Waals surface area contributed by atoms with E-state index in [0.717, 1.165) is 0 Å². The number of anilines is 1. The van der Waals surface area contributed by atoms with Gasteiger partial charge in [0.2, 0.25) is 0 Å². The number of hydrogen-bond donors (Lipinski definition) is 1. The quantitative estimate of drug-likeness (QED) is 0.810. The summed E-state index contributed by atoms with van der Waals surface area (Å²) in [5, 5.41) is 4.48. The highest BCUT2D eigenvalue weighted by Gasteiger charge is 2.09. The molecule has 0 aliphatic heterocycles.